The number of carbonyl (C=O) groups is 1. The molecule has 0 spiro atoms. The third-order valence-corrected chi connectivity index (χ3v) is 7.10. The molecule has 7 nitrogen and oxygen atoms in total. The van der Waals surface area contributed by atoms with E-state index in [4.69, 9.17) is 4.99 Å². The van der Waals surface area contributed by atoms with Gasteiger partial charge in [-0.05, 0) is 44.0 Å². The highest BCUT2D eigenvalue weighted by molar-refractivity contribution is 7.07. The van der Waals surface area contributed by atoms with E-state index in [1.54, 1.807) is 9.25 Å². The van der Waals surface area contributed by atoms with Crippen molar-refractivity contribution in [2.24, 2.45) is 12.0 Å². The van der Waals surface area contributed by atoms with Crippen molar-refractivity contribution in [1.82, 2.24) is 14.3 Å². The lowest BCUT2D eigenvalue weighted by Gasteiger charge is -2.25. The molecule has 0 aliphatic carbocycles. The molecule has 1 aliphatic rings. The summed E-state index contributed by atoms with van der Waals surface area (Å²) in [6, 6.07) is 16.7. The number of fused-ring (bicyclic) bond motifs is 1. The monoisotopic (exact) mass is 483 g/mol. The van der Waals surface area contributed by atoms with Crippen LogP contribution in [0.4, 0.5) is 5.69 Å². The fraction of sp³-hybridized carbons (Fsp3) is 0.185. The Hall–Kier alpha value is -4.04. The van der Waals surface area contributed by atoms with E-state index >= 15 is 0 Å². The molecular weight excluding hydrogens is 458 g/mol. The summed E-state index contributed by atoms with van der Waals surface area (Å²) in [6.07, 6.45) is 3.73. The number of benzene rings is 2. The van der Waals surface area contributed by atoms with Gasteiger partial charge in [-0.15, -0.1) is 0 Å². The van der Waals surface area contributed by atoms with E-state index in [9.17, 15) is 9.59 Å². The van der Waals surface area contributed by atoms with Crippen molar-refractivity contribution in [1.29, 1.82) is 0 Å². The number of rotatable bonds is 4. The topological polar surface area (TPSA) is 81.3 Å². The van der Waals surface area contributed by atoms with Gasteiger partial charge < -0.3 is 5.32 Å². The van der Waals surface area contributed by atoms with Gasteiger partial charge in [-0.1, -0.05) is 59.9 Å². The molecule has 8 heteroatoms. The molecule has 1 amide bonds. The second-order valence-electron chi connectivity index (χ2n) is 8.61. The standard InChI is InChI=1S/C27H25N5O2S/c1-16-10-8-9-13-21(16)29-25(33)23-18(3)28-27-32(24(23)19-11-6-5-7-12-19)26(34)22(35-27)14-20-15-31(4)30-17(20)2/h5-15,24H,1-4H3,(H,29,33)/b22-14+/t24-/m0/s1. The molecule has 5 rings (SSSR count). The largest absolute Gasteiger partial charge is 0.322 e. The lowest BCUT2D eigenvalue weighted by atomic mass is 9.95. The van der Waals surface area contributed by atoms with Crippen molar-refractivity contribution in [3.63, 3.8) is 0 Å². The summed E-state index contributed by atoms with van der Waals surface area (Å²) in [7, 11) is 1.85. The molecule has 4 aromatic rings. The Morgan fingerprint density at radius 1 is 1.06 bits per heavy atom. The van der Waals surface area contributed by atoms with Gasteiger partial charge in [-0.2, -0.15) is 5.10 Å². The van der Waals surface area contributed by atoms with Crippen LogP contribution in [0, 0.1) is 13.8 Å². The molecule has 3 heterocycles. The zero-order chi connectivity index (χ0) is 24.7. The van der Waals surface area contributed by atoms with E-state index in [0.717, 1.165) is 28.1 Å². The molecule has 0 fully saturated rings. The molecule has 0 saturated carbocycles. The van der Waals surface area contributed by atoms with Gasteiger partial charge in [-0.25, -0.2) is 4.99 Å². The van der Waals surface area contributed by atoms with Crippen molar-refractivity contribution in [2.45, 2.75) is 26.8 Å². The maximum absolute atomic E-state index is 13.7. The van der Waals surface area contributed by atoms with Crippen molar-refractivity contribution in [3.8, 4) is 0 Å². The number of para-hydroxylation sites is 1. The van der Waals surface area contributed by atoms with Crippen LogP contribution < -0.4 is 20.2 Å². The zero-order valence-electron chi connectivity index (χ0n) is 19.9. The van der Waals surface area contributed by atoms with Gasteiger partial charge in [-0.3, -0.25) is 18.8 Å². The molecule has 0 unspecified atom stereocenters. The van der Waals surface area contributed by atoms with Crippen LogP contribution in [0.1, 0.15) is 35.3 Å². The second-order valence-corrected chi connectivity index (χ2v) is 9.61. The highest BCUT2D eigenvalue weighted by Crippen LogP contribution is 2.31. The molecule has 1 atom stereocenters. The lowest BCUT2D eigenvalue weighted by Crippen LogP contribution is -2.40. The Morgan fingerprint density at radius 3 is 2.46 bits per heavy atom. The van der Waals surface area contributed by atoms with Crippen molar-refractivity contribution < 1.29 is 4.79 Å². The molecule has 2 aromatic carbocycles. The average Bonchev–Trinajstić information content (AvgIpc) is 3.32. The fourth-order valence-corrected chi connectivity index (χ4v) is 5.40. The first-order valence-electron chi connectivity index (χ1n) is 11.3. The molecule has 0 bridgehead atoms. The van der Waals surface area contributed by atoms with Gasteiger partial charge in [0.2, 0.25) is 0 Å². The summed E-state index contributed by atoms with van der Waals surface area (Å²) in [5.74, 6) is -0.271. The van der Waals surface area contributed by atoms with Gasteiger partial charge in [0.05, 0.1) is 27.5 Å². The number of nitrogens with one attached hydrogen (secondary N) is 1. The van der Waals surface area contributed by atoms with E-state index in [0.29, 0.717) is 20.6 Å². The molecular formula is C27H25N5O2S. The van der Waals surface area contributed by atoms with Crippen LogP contribution in [0.15, 0.2) is 81.9 Å². The summed E-state index contributed by atoms with van der Waals surface area (Å²) in [4.78, 5) is 32.6. The Bertz CT molecular complexity index is 1660. The SMILES string of the molecule is CC1=C(C(=O)Nc2ccccc2C)[C@H](c2ccccc2)n2c(s/c(=C/c3cn(C)nc3C)c2=O)=N1. The average molecular weight is 484 g/mol. The van der Waals surface area contributed by atoms with E-state index in [1.807, 2.05) is 94.7 Å². The fourth-order valence-electron chi connectivity index (χ4n) is 4.37. The second kappa shape index (κ2) is 8.96. The number of nitrogens with zero attached hydrogens (tertiary/aromatic N) is 4. The Labute approximate surface area is 206 Å². The van der Waals surface area contributed by atoms with Crippen LogP contribution >= 0.6 is 11.3 Å². The third-order valence-electron chi connectivity index (χ3n) is 6.11. The van der Waals surface area contributed by atoms with Gasteiger partial charge >= 0.3 is 0 Å². The van der Waals surface area contributed by atoms with Crippen molar-refractivity contribution >= 4 is 29.0 Å². The van der Waals surface area contributed by atoms with Gasteiger partial charge in [0, 0.05) is 24.5 Å². The van der Waals surface area contributed by atoms with Crippen LogP contribution in [-0.2, 0) is 11.8 Å². The van der Waals surface area contributed by atoms with Crippen LogP contribution in [0.3, 0.4) is 0 Å². The third kappa shape index (κ3) is 4.17. The summed E-state index contributed by atoms with van der Waals surface area (Å²) < 4.78 is 3.91. The van der Waals surface area contributed by atoms with E-state index in [1.165, 1.54) is 11.3 Å². The first kappa shape index (κ1) is 22.7. The van der Waals surface area contributed by atoms with Crippen LogP contribution in [-0.4, -0.2) is 20.3 Å². The molecule has 1 N–H and O–H groups in total. The number of hydrogen-bond acceptors (Lipinski definition) is 5. The number of hydrogen-bond donors (Lipinski definition) is 1. The summed E-state index contributed by atoms with van der Waals surface area (Å²) in [6.45, 7) is 5.68. The summed E-state index contributed by atoms with van der Waals surface area (Å²) >= 11 is 1.32. The van der Waals surface area contributed by atoms with Crippen LogP contribution in [0.5, 0.6) is 0 Å². The van der Waals surface area contributed by atoms with Gasteiger partial charge in [0.1, 0.15) is 0 Å². The Balaban J connectivity index is 1.68. The zero-order valence-corrected chi connectivity index (χ0v) is 20.8. The molecule has 0 saturated heterocycles. The van der Waals surface area contributed by atoms with Crippen LogP contribution in [0.25, 0.3) is 6.08 Å². The number of anilines is 1. The van der Waals surface area contributed by atoms with Crippen molar-refractivity contribution in [2.75, 3.05) is 5.32 Å². The molecule has 2 aromatic heterocycles. The normalized spacial score (nSPS) is 15.7. The first-order chi connectivity index (χ1) is 16.8. The van der Waals surface area contributed by atoms with Crippen molar-refractivity contribution in [3.05, 3.63) is 114 Å². The number of carbonyl (C=O) groups excluding carboxylic acids is 1. The van der Waals surface area contributed by atoms with E-state index in [2.05, 4.69) is 10.4 Å². The minimum atomic E-state index is -0.589. The summed E-state index contributed by atoms with van der Waals surface area (Å²) in [5, 5.41) is 7.40. The predicted molar refractivity (Wildman–Crippen MR) is 138 cm³/mol. The smallest absolute Gasteiger partial charge is 0.271 e. The Kier molecular flexibility index (Phi) is 5.82. The Morgan fingerprint density at radius 2 is 1.77 bits per heavy atom. The molecule has 176 valence electrons. The molecule has 1 aliphatic heterocycles. The minimum Gasteiger partial charge on any atom is -0.322 e. The summed E-state index contributed by atoms with van der Waals surface area (Å²) in [5.41, 5.74) is 5.12. The number of aromatic nitrogens is 3. The number of allylic oxidation sites excluding steroid dienone is 1. The first-order valence-corrected chi connectivity index (χ1v) is 12.1. The maximum Gasteiger partial charge on any atom is 0.271 e. The predicted octanol–water partition coefficient (Wildman–Crippen LogP) is 3.22. The number of thiazole rings is 1. The maximum atomic E-state index is 13.7. The minimum absolute atomic E-state index is 0.181. The van der Waals surface area contributed by atoms with Gasteiger partial charge in [0.15, 0.2) is 4.80 Å². The van der Waals surface area contributed by atoms with Gasteiger partial charge in [0.25, 0.3) is 11.5 Å². The van der Waals surface area contributed by atoms with E-state index in [-0.39, 0.29) is 11.5 Å². The molecule has 0 radical (unpaired) electrons. The molecule has 35 heavy (non-hydrogen) atoms. The highest BCUT2D eigenvalue weighted by Gasteiger charge is 2.32. The highest BCUT2D eigenvalue weighted by atomic mass is 32.1. The lowest BCUT2D eigenvalue weighted by molar-refractivity contribution is -0.113. The quantitative estimate of drug-likeness (QED) is 0.484. The van der Waals surface area contributed by atoms with Crippen LogP contribution in [0.2, 0.25) is 0 Å². The number of amides is 1. The number of aryl methyl sites for hydroxylation is 3. The van der Waals surface area contributed by atoms with E-state index < -0.39 is 6.04 Å².